The van der Waals surface area contributed by atoms with Crippen LogP contribution < -0.4 is 16.4 Å². The third-order valence-electron chi connectivity index (χ3n) is 2.64. The summed E-state index contributed by atoms with van der Waals surface area (Å²) in [5, 5.41) is 13.7. The van der Waals surface area contributed by atoms with Gasteiger partial charge in [-0.1, -0.05) is 0 Å². The first-order valence-corrected chi connectivity index (χ1v) is 5.48. The van der Waals surface area contributed by atoms with E-state index in [0.29, 0.717) is 0 Å². The molecule has 0 bridgehead atoms. The number of carboxylic acid groups (broad SMARTS) is 1. The van der Waals surface area contributed by atoms with Crippen molar-refractivity contribution >= 4 is 23.7 Å². The quantitative estimate of drug-likeness (QED) is 0.434. The van der Waals surface area contributed by atoms with Gasteiger partial charge in [0, 0.05) is 19.4 Å². The third-order valence-corrected chi connectivity index (χ3v) is 2.64. The zero-order valence-electron chi connectivity index (χ0n) is 9.64. The van der Waals surface area contributed by atoms with Gasteiger partial charge in [-0.15, -0.1) is 0 Å². The second-order valence-electron chi connectivity index (χ2n) is 4.11. The Kier molecular flexibility index (Phi) is 4.64. The summed E-state index contributed by atoms with van der Waals surface area (Å²) in [5.41, 5.74) is 4.91. The molecule has 8 nitrogen and oxygen atoms in total. The van der Waals surface area contributed by atoms with Gasteiger partial charge >= 0.3 is 5.97 Å². The van der Waals surface area contributed by atoms with Crippen LogP contribution in [0.2, 0.25) is 0 Å². The van der Waals surface area contributed by atoms with Gasteiger partial charge in [-0.05, 0) is 6.42 Å². The molecule has 1 heterocycles. The molecule has 1 aliphatic rings. The maximum atomic E-state index is 11.7. The fourth-order valence-electron chi connectivity index (χ4n) is 1.62. The molecule has 0 radical (unpaired) electrons. The summed E-state index contributed by atoms with van der Waals surface area (Å²) in [6, 6.07) is -1.17. The molecule has 1 aliphatic heterocycles. The molecule has 0 spiro atoms. The Morgan fingerprint density at radius 2 is 2.17 bits per heavy atom. The van der Waals surface area contributed by atoms with E-state index in [2.05, 4.69) is 10.6 Å². The number of carbonyl (C=O) groups excluding carboxylic acids is 3. The minimum atomic E-state index is -1.23. The van der Waals surface area contributed by atoms with Crippen LogP contribution >= 0.6 is 0 Å². The van der Waals surface area contributed by atoms with Crippen LogP contribution in [-0.4, -0.2) is 41.4 Å². The van der Waals surface area contributed by atoms with Crippen LogP contribution in [0.1, 0.15) is 19.3 Å². The molecule has 0 saturated carbocycles. The lowest BCUT2D eigenvalue weighted by Crippen LogP contribution is -2.44. The first kappa shape index (κ1) is 13.9. The molecule has 1 rings (SSSR count). The molecule has 100 valence electrons. The maximum Gasteiger partial charge on any atom is 0.326 e. The van der Waals surface area contributed by atoms with Crippen molar-refractivity contribution in [2.75, 3.05) is 6.54 Å². The predicted molar refractivity (Wildman–Crippen MR) is 59.1 cm³/mol. The Labute approximate surface area is 103 Å². The molecule has 1 fully saturated rings. The van der Waals surface area contributed by atoms with E-state index in [0.717, 1.165) is 0 Å². The predicted octanol–water partition coefficient (Wildman–Crippen LogP) is -2.04. The normalized spacial score (nSPS) is 20.0. The van der Waals surface area contributed by atoms with E-state index < -0.39 is 29.7 Å². The molecular formula is C10H15N3O5. The number of amides is 3. The molecule has 2 atom stereocenters. The van der Waals surface area contributed by atoms with Gasteiger partial charge in [0.2, 0.25) is 17.7 Å². The molecule has 0 aliphatic carbocycles. The highest BCUT2D eigenvalue weighted by atomic mass is 16.4. The van der Waals surface area contributed by atoms with Crippen LogP contribution in [0.3, 0.4) is 0 Å². The first-order chi connectivity index (χ1) is 8.40. The Morgan fingerprint density at radius 3 is 2.61 bits per heavy atom. The van der Waals surface area contributed by atoms with Crippen LogP contribution in [-0.2, 0) is 19.2 Å². The molecule has 0 aromatic rings. The monoisotopic (exact) mass is 257 g/mol. The van der Waals surface area contributed by atoms with Gasteiger partial charge in [-0.25, -0.2) is 4.79 Å². The summed E-state index contributed by atoms with van der Waals surface area (Å²) >= 11 is 0. The van der Waals surface area contributed by atoms with Crippen molar-refractivity contribution < 1.29 is 24.3 Å². The lowest BCUT2D eigenvalue weighted by atomic mass is 10.1. The van der Waals surface area contributed by atoms with Gasteiger partial charge in [0.1, 0.15) is 6.04 Å². The van der Waals surface area contributed by atoms with E-state index in [4.69, 9.17) is 10.8 Å². The lowest BCUT2D eigenvalue weighted by Gasteiger charge is -2.15. The lowest BCUT2D eigenvalue weighted by molar-refractivity contribution is -0.142. The Bertz CT molecular complexity index is 382. The average Bonchev–Trinajstić information content (AvgIpc) is 2.70. The van der Waals surface area contributed by atoms with Crippen LogP contribution in [0.15, 0.2) is 0 Å². The highest BCUT2D eigenvalue weighted by Gasteiger charge is 2.30. The average molecular weight is 257 g/mol. The molecule has 1 saturated heterocycles. The van der Waals surface area contributed by atoms with Crippen molar-refractivity contribution in [3.05, 3.63) is 0 Å². The van der Waals surface area contributed by atoms with E-state index >= 15 is 0 Å². The minimum absolute atomic E-state index is 0.0496. The van der Waals surface area contributed by atoms with Gasteiger partial charge in [0.15, 0.2) is 0 Å². The number of nitrogens with two attached hydrogens (primary N) is 1. The number of carbonyl (C=O) groups is 4. The molecule has 3 amide bonds. The fraction of sp³-hybridized carbons (Fsp3) is 0.600. The highest BCUT2D eigenvalue weighted by Crippen LogP contribution is 2.10. The number of aliphatic carboxylic acids is 1. The summed E-state index contributed by atoms with van der Waals surface area (Å²) in [6.45, 7) is 0.201. The van der Waals surface area contributed by atoms with Crippen molar-refractivity contribution in [2.24, 2.45) is 11.7 Å². The van der Waals surface area contributed by atoms with Gasteiger partial charge in [0.05, 0.1) is 5.92 Å². The zero-order valence-corrected chi connectivity index (χ0v) is 9.64. The van der Waals surface area contributed by atoms with Gasteiger partial charge in [-0.2, -0.15) is 0 Å². The van der Waals surface area contributed by atoms with Crippen molar-refractivity contribution in [3.63, 3.8) is 0 Å². The number of primary amides is 1. The van der Waals surface area contributed by atoms with Crippen LogP contribution in [0.5, 0.6) is 0 Å². The highest BCUT2D eigenvalue weighted by molar-refractivity contribution is 5.91. The standard InChI is InChI=1S/C10H15N3O5/c11-7(14)2-1-6(10(17)18)13-9(16)5-3-8(15)12-4-5/h5-6H,1-4H2,(H2,11,14)(H,12,15)(H,13,16)(H,17,18)/t5?,6-/m0/s1. The van der Waals surface area contributed by atoms with Crippen LogP contribution in [0.25, 0.3) is 0 Å². The number of hydrogen-bond acceptors (Lipinski definition) is 4. The molecule has 0 aromatic carbocycles. The molecule has 0 aromatic heterocycles. The number of carboxylic acids is 1. The largest absolute Gasteiger partial charge is 0.480 e. The second-order valence-corrected chi connectivity index (χ2v) is 4.11. The number of nitrogens with one attached hydrogen (secondary N) is 2. The van der Waals surface area contributed by atoms with E-state index in [1.165, 1.54) is 0 Å². The van der Waals surface area contributed by atoms with Gasteiger partial charge in [-0.3, -0.25) is 14.4 Å². The molecule has 8 heteroatoms. The smallest absolute Gasteiger partial charge is 0.326 e. The van der Waals surface area contributed by atoms with Crippen molar-refractivity contribution in [1.82, 2.24) is 10.6 Å². The van der Waals surface area contributed by atoms with Crippen molar-refractivity contribution in [2.45, 2.75) is 25.3 Å². The zero-order chi connectivity index (χ0) is 13.7. The second kappa shape index (κ2) is 5.99. The topological polar surface area (TPSA) is 139 Å². The Hall–Kier alpha value is -2.12. The van der Waals surface area contributed by atoms with E-state index in [1.807, 2.05) is 0 Å². The van der Waals surface area contributed by atoms with Crippen LogP contribution in [0, 0.1) is 5.92 Å². The van der Waals surface area contributed by atoms with Gasteiger partial charge in [0.25, 0.3) is 0 Å². The molecule has 1 unspecified atom stereocenters. The summed E-state index contributed by atoms with van der Waals surface area (Å²) < 4.78 is 0. The SMILES string of the molecule is NC(=O)CC[C@H](NC(=O)C1CNC(=O)C1)C(=O)O. The van der Waals surface area contributed by atoms with E-state index in [1.54, 1.807) is 0 Å². The third kappa shape index (κ3) is 4.04. The summed E-state index contributed by atoms with van der Waals surface area (Å²) in [6.07, 6.45) is -0.141. The van der Waals surface area contributed by atoms with E-state index in [-0.39, 0.29) is 31.7 Å². The molecule has 5 N–H and O–H groups in total. The molecular weight excluding hydrogens is 242 g/mol. The minimum Gasteiger partial charge on any atom is -0.480 e. The summed E-state index contributed by atoms with van der Waals surface area (Å²) in [7, 11) is 0. The molecule has 18 heavy (non-hydrogen) atoms. The van der Waals surface area contributed by atoms with E-state index in [9.17, 15) is 19.2 Å². The Balaban J connectivity index is 2.49. The van der Waals surface area contributed by atoms with Crippen molar-refractivity contribution in [3.8, 4) is 0 Å². The van der Waals surface area contributed by atoms with Gasteiger partial charge < -0.3 is 21.5 Å². The maximum absolute atomic E-state index is 11.7. The number of hydrogen-bond donors (Lipinski definition) is 4. The summed E-state index contributed by atoms with van der Waals surface area (Å²) in [5.74, 6) is -3.17. The number of rotatable bonds is 6. The first-order valence-electron chi connectivity index (χ1n) is 5.48. The van der Waals surface area contributed by atoms with Crippen molar-refractivity contribution in [1.29, 1.82) is 0 Å². The summed E-state index contributed by atoms with van der Waals surface area (Å²) in [4.78, 5) is 44.0. The fourth-order valence-corrected chi connectivity index (χ4v) is 1.62. The van der Waals surface area contributed by atoms with Crippen LogP contribution in [0.4, 0.5) is 0 Å². The Morgan fingerprint density at radius 1 is 1.50 bits per heavy atom.